The molecule has 1 atom stereocenters. The number of carbonyl (C=O) groups is 3. The van der Waals surface area contributed by atoms with E-state index in [0.29, 0.717) is 24.7 Å². The Bertz CT molecular complexity index is 873. The van der Waals surface area contributed by atoms with Crippen LogP contribution in [0.5, 0.6) is 0 Å². The van der Waals surface area contributed by atoms with Gasteiger partial charge in [-0.2, -0.15) is 5.10 Å². The fourth-order valence-electron chi connectivity index (χ4n) is 4.06. The monoisotopic (exact) mass is 429 g/mol. The highest BCUT2D eigenvalue weighted by molar-refractivity contribution is 6.01. The van der Waals surface area contributed by atoms with Gasteiger partial charge in [0.25, 0.3) is 11.8 Å². The molecule has 1 aliphatic heterocycles. The third-order valence-electron chi connectivity index (χ3n) is 6.35. The summed E-state index contributed by atoms with van der Waals surface area (Å²) in [6, 6.07) is 1.52. The lowest BCUT2D eigenvalue weighted by molar-refractivity contribution is -0.132. The Morgan fingerprint density at radius 1 is 1.23 bits per heavy atom. The van der Waals surface area contributed by atoms with E-state index in [1.165, 1.54) is 34.1 Å². The van der Waals surface area contributed by atoms with Crippen LogP contribution in [0.4, 0.5) is 0 Å². The summed E-state index contributed by atoms with van der Waals surface area (Å²) in [5.74, 6) is -0.340. The molecule has 170 valence electrons. The largest absolute Gasteiger partial charge is 0.354 e. The van der Waals surface area contributed by atoms with Gasteiger partial charge in [0.1, 0.15) is 11.2 Å². The fourth-order valence-corrected chi connectivity index (χ4v) is 4.06. The molecule has 1 aromatic heterocycles. The summed E-state index contributed by atoms with van der Waals surface area (Å²) in [4.78, 5) is 39.8. The quantitative estimate of drug-likeness (QED) is 0.621. The first-order valence-corrected chi connectivity index (χ1v) is 11.3. The van der Waals surface area contributed by atoms with Crippen molar-refractivity contribution in [2.75, 3.05) is 20.1 Å². The topological polar surface area (TPSA) is 96.3 Å². The van der Waals surface area contributed by atoms with Gasteiger partial charge in [-0.3, -0.25) is 19.1 Å². The third-order valence-corrected chi connectivity index (χ3v) is 6.35. The van der Waals surface area contributed by atoms with Crippen LogP contribution in [0.2, 0.25) is 0 Å². The van der Waals surface area contributed by atoms with Crippen LogP contribution in [-0.2, 0) is 11.3 Å². The molecule has 8 nitrogen and oxygen atoms in total. The number of likely N-dealkylation sites (N-methyl/N-ethyl adjacent to an activating group) is 1. The molecule has 0 spiro atoms. The molecule has 0 radical (unpaired) electrons. The lowest BCUT2D eigenvalue weighted by Crippen LogP contribution is -2.62. The molecule has 3 rings (SSSR count). The number of amides is 3. The van der Waals surface area contributed by atoms with E-state index in [2.05, 4.69) is 35.7 Å². The average molecular weight is 430 g/mol. The number of nitrogens with one attached hydrogen (secondary N) is 2. The van der Waals surface area contributed by atoms with E-state index in [1.54, 1.807) is 14.0 Å². The summed E-state index contributed by atoms with van der Waals surface area (Å²) in [5, 5.41) is 10.2. The van der Waals surface area contributed by atoms with Crippen LogP contribution in [-0.4, -0.2) is 58.1 Å². The van der Waals surface area contributed by atoms with Crippen LogP contribution in [0, 0.1) is 5.92 Å². The molecular formula is C23H35N5O3. The number of fused-ring (bicyclic) bond motifs is 1. The Labute approximate surface area is 184 Å². The predicted molar refractivity (Wildman–Crippen MR) is 119 cm³/mol. The Balaban J connectivity index is 1.65. The van der Waals surface area contributed by atoms with E-state index in [4.69, 9.17) is 0 Å². The van der Waals surface area contributed by atoms with Crippen LogP contribution >= 0.6 is 0 Å². The van der Waals surface area contributed by atoms with Crippen molar-refractivity contribution in [3.8, 4) is 0 Å². The molecule has 31 heavy (non-hydrogen) atoms. The molecule has 1 aromatic rings. The van der Waals surface area contributed by atoms with Crippen molar-refractivity contribution in [3.05, 3.63) is 29.1 Å². The second-order valence-electron chi connectivity index (χ2n) is 9.26. The van der Waals surface area contributed by atoms with Gasteiger partial charge in [0.05, 0.1) is 6.54 Å². The molecule has 0 saturated carbocycles. The summed E-state index contributed by atoms with van der Waals surface area (Å²) in [6.45, 7) is 7.24. The first-order valence-electron chi connectivity index (χ1n) is 11.3. The van der Waals surface area contributed by atoms with E-state index < -0.39 is 5.54 Å². The second kappa shape index (κ2) is 9.66. The number of allylic oxidation sites excluding steroid dienone is 1. The highest BCUT2D eigenvalue weighted by Gasteiger charge is 2.46. The molecule has 0 bridgehead atoms. The molecule has 2 N–H and O–H groups in total. The minimum atomic E-state index is -1.06. The number of carbonyl (C=O) groups excluding carboxylic acids is 3. The molecular weight excluding hydrogens is 394 g/mol. The Kier molecular flexibility index (Phi) is 7.18. The van der Waals surface area contributed by atoms with Crippen molar-refractivity contribution >= 4 is 17.7 Å². The van der Waals surface area contributed by atoms with Gasteiger partial charge in [0.2, 0.25) is 5.91 Å². The lowest BCUT2D eigenvalue weighted by atomic mass is 9.95. The maximum absolute atomic E-state index is 12.9. The minimum absolute atomic E-state index is 0.207. The molecule has 3 amide bonds. The van der Waals surface area contributed by atoms with Crippen molar-refractivity contribution in [1.82, 2.24) is 25.3 Å². The first kappa shape index (κ1) is 23.0. The van der Waals surface area contributed by atoms with Crippen LogP contribution in [0.25, 0.3) is 0 Å². The SMILES string of the molecule is CC(C)CCNC(=O)C1(C)Cn2nc(C(=O)NCCC3=CCCCC3)cc2C(=O)N1C. The van der Waals surface area contributed by atoms with E-state index in [9.17, 15) is 14.4 Å². The summed E-state index contributed by atoms with van der Waals surface area (Å²) in [7, 11) is 1.62. The van der Waals surface area contributed by atoms with Crippen LogP contribution < -0.4 is 10.6 Å². The van der Waals surface area contributed by atoms with Crippen molar-refractivity contribution in [1.29, 1.82) is 0 Å². The van der Waals surface area contributed by atoms with Gasteiger partial charge in [-0.25, -0.2) is 0 Å². The van der Waals surface area contributed by atoms with Crippen LogP contribution in [0.3, 0.4) is 0 Å². The minimum Gasteiger partial charge on any atom is -0.354 e. The fraction of sp³-hybridized carbons (Fsp3) is 0.652. The normalized spacial score (nSPS) is 21.0. The molecule has 8 heteroatoms. The summed E-state index contributed by atoms with van der Waals surface area (Å²) < 4.78 is 1.49. The summed E-state index contributed by atoms with van der Waals surface area (Å²) in [5.41, 5.74) is 0.870. The van der Waals surface area contributed by atoms with Gasteiger partial charge >= 0.3 is 0 Å². The van der Waals surface area contributed by atoms with Crippen molar-refractivity contribution < 1.29 is 14.4 Å². The molecule has 0 aromatic carbocycles. The van der Waals surface area contributed by atoms with Gasteiger partial charge < -0.3 is 15.5 Å². The van der Waals surface area contributed by atoms with Gasteiger partial charge in [0.15, 0.2) is 5.69 Å². The molecule has 2 aliphatic rings. The van der Waals surface area contributed by atoms with Crippen molar-refractivity contribution in [2.45, 2.75) is 71.4 Å². The zero-order valence-electron chi connectivity index (χ0n) is 19.2. The summed E-state index contributed by atoms with van der Waals surface area (Å²) >= 11 is 0. The zero-order valence-corrected chi connectivity index (χ0v) is 19.2. The third kappa shape index (κ3) is 5.17. The van der Waals surface area contributed by atoms with E-state index in [-0.39, 0.29) is 30.0 Å². The first-order chi connectivity index (χ1) is 14.7. The Hall–Kier alpha value is -2.64. The second-order valence-corrected chi connectivity index (χ2v) is 9.26. The maximum Gasteiger partial charge on any atom is 0.272 e. The van der Waals surface area contributed by atoms with Crippen LogP contribution in [0.15, 0.2) is 17.7 Å². The van der Waals surface area contributed by atoms with E-state index >= 15 is 0 Å². The van der Waals surface area contributed by atoms with Crippen molar-refractivity contribution in [3.63, 3.8) is 0 Å². The highest BCUT2D eigenvalue weighted by atomic mass is 16.2. The number of nitrogens with zero attached hydrogens (tertiary/aromatic N) is 3. The van der Waals surface area contributed by atoms with Gasteiger partial charge in [0, 0.05) is 26.2 Å². The van der Waals surface area contributed by atoms with Gasteiger partial charge in [-0.15, -0.1) is 0 Å². The van der Waals surface area contributed by atoms with E-state index in [0.717, 1.165) is 25.7 Å². The smallest absolute Gasteiger partial charge is 0.272 e. The van der Waals surface area contributed by atoms with Gasteiger partial charge in [-0.05, 0) is 51.4 Å². The predicted octanol–water partition coefficient (Wildman–Crippen LogP) is 2.51. The Morgan fingerprint density at radius 3 is 2.68 bits per heavy atom. The maximum atomic E-state index is 12.9. The van der Waals surface area contributed by atoms with E-state index in [1.807, 2.05) is 0 Å². The molecule has 1 aliphatic carbocycles. The van der Waals surface area contributed by atoms with Crippen molar-refractivity contribution in [2.24, 2.45) is 5.92 Å². The number of hydrogen-bond donors (Lipinski definition) is 2. The highest BCUT2D eigenvalue weighted by Crippen LogP contribution is 2.26. The number of aromatic nitrogens is 2. The number of rotatable bonds is 8. The zero-order chi connectivity index (χ0) is 22.6. The molecule has 0 fully saturated rings. The standard InChI is InChI=1S/C23H35N5O3/c1-16(2)10-12-25-22(31)23(3)15-28-19(21(30)27(23)4)14-18(26-28)20(29)24-13-11-17-8-6-5-7-9-17/h8,14,16H,5-7,9-13,15H2,1-4H3,(H,24,29)(H,25,31). The van der Waals surface area contributed by atoms with Gasteiger partial charge in [-0.1, -0.05) is 25.5 Å². The number of hydrogen-bond acceptors (Lipinski definition) is 4. The molecule has 0 saturated heterocycles. The molecule has 2 heterocycles. The Morgan fingerprint density at radius 2 is 2.00 bits per heavy atom. The average Bonchev–Trinajstić information content (AvgIpc) is 3.16. The lowest BCUT2D eigenvalue weighted by Gasteiger charge is -2.40. The van der Waals surface area contributed by atoms with Crippen LogP contribution in [0.1, 0.15) is 80.3 Å². The molecule has 1 unspecified atom stereocenters. The summed E-state index contributed by atoms with van der Waals surface area (Å²) in [6.07, 6.45) is 8.67.